The lowest BCUT2D eigenvalue weighted by Gasteiger charge is -2.29. The summed E-state index contributed by atoms with van der Waals surface area (Å²) in [6.45, 7) is 11.1. The lowest BCUT2D eigenvalue weighted by Crippen LogP contribution is -2.37. The van der Waals surface area contributed by atoms with E-state index in [1.807, 2.05) is 13.8 Å². The van der Waals surface area contributed by atoms with Gasteiger partial charge in [-0.05, 0) is 70.8 Å². The molecule has 2 aromatic rings. The third kappa shape index (κ3) is 22.0. The van der Waals surface area contributed by atoms with Crippen LogP contribution in [0, 0.1) is 29.6 Å². The number of nitrogens with one attached hydrogen (secondary N) is 2. The molecule has 12 N–H and O–H groups in total. The van der Waals surface area contributed by atoms with Crippen LogP contribution in [0.4, 0.5) is 27.5 Å². The van der Waals surface area contributed by atoms with Crippen molar-refractivity contribution in [1.82, 2.24) is 0 Å². The average Bonchev–Trinajstić information content (AvgIpc) is 1.64. The van der Waals surface area contributed by atoms with E-state index in [9.17, 15) is 59.4 Å². The number of benzene rings is 2. The second-order valence-electron chi connectivity index (χ2n) is 22.4. The standard InChI is InChI=1S/C64H88N6O21/c1-33-23-41-54(45(71)29-43(58(41)77)69-61(79)35(3)15-13-17-47(83-9)53(63(81)91-66)37(5)27-38(6)56(75)49(25-33)85-11)67-19-21-88-51(73)31-87-32-52(74)89-22-20-68-55-42-24-34(2)26-50(86-12)57(76)39(7)28-40(8)60(90-64(65)82)48(84-10)18-14-16-36(4)62(80)70-44(59(42)78)30-46(55)72/h13-20,27-30,33-34,38-39,47-50,53,56-57,60,71-72,75-78H,21-26,31-32,66H2,1-12H3,(H2,65,82)(H,69,79)(H,70,80). The van der Waals surface area contributed by atoms with E-state index in [2.05, 4.69) is 25.5 Å². The fourth-order valence-corrected chi connectivity index (χ4v) is 10.4. The van der Waals surface area contributed by atoms with Gasteiger partial charge in [0.05, 0.1) is 41.9 Å². The van der Waals surface area contributed by atoms with Gasteiger partial charge in [0.15, 0.2) is 6.10 Å². The molecule has 0 radical (unpaired) electrons. The molecule has 91 heavy (non-hydrogen) atoms. The zero-order valence-electron chi connectivity index (χ0n) is 53.4. The minimum atomic E-state index is -1.11. The first-order valence-electron chi connectivity index (χ1n) is 29.2. The molecule has 4 rings (SSSR count). The molecule has 27 heteroatoms. The molecule has 0 saturated carbocycles. The Morgan fingerprint density at radius 2 is 1.05 bits per heavy atom. The molecule has 0 fully saturated rings. The van der Waals surface area contributed by atoms with E-state index in [1.165, 1.54) is 72.7 Å². The molecule has 2 heterocycles. The van der Waals surface area contributed by atoms with Crippen LogP contribution >= 0.6 is 0 Å². The number of aliphatic hydroxyl groups excluding tert-OH is 2. The molecule has 0 spiro atoms. The molecular weight excluding hydrogens is 1190 g/mol. The number of nitrogens with two attached hydrogens (primary N) is 2. The van der Waals surface area contributed by atoms with Gasteiger partial charge in [-0.15, -0.1) is 0 Å². The molecule has 2 aliphatic rings. The van der Waals surface area contributed by atoms with E-state index in [0.717, 1.165) is 24.6 Å². The van der Waals surface area contributed by atoms with E-state index in [-0.39, 0.29) is 82.5 Å². The predicted octanol–water partition coefficient (Wildman–Crippen LogP) is 6.21. The minimum Gasteiger partial charge on any atom is -0.506 e. The number of amides is 3. The molecule has 500 valence electrons. The molecule has 3 amide bonds. The highest BCUT2D eigenvalue weighted by Crippen LogP contribution is 2.46. The topological polar surface area (TPSA) is 408 Å². The Bertz CT molecular complexity index is 3130. The van der Waals surface area contributed by atoms with Gasteiger partial charge in [0.1, 0.15) is 72.8 Å². The molecule has 2 aliphatic heterocycles. The number of fused-ring (bicyclic) bond motifs is 4. The summed E-state index contributed by atoms with van der Waals surface area (Å²) in [7, 11) is 5.63. The number of esters is 2. The number of primary amides is 1. The van der Waals surface area contributed by atoms with Gasteiger partial charge in [0, 0.05) is 87.1 Å². The Balaban J connectivity index is 1.47. The number of phenolic OH excluding ortho intramolecular Hbond substituents is 4. The van der Waals surface area contributed by atoms with Gasteiger partial charge in [0.25, 0.3) is 11.8 Å². The average molecular weight is 1280 g/mol. The Labute approximate surface area is 529 Å². The number of aliphatic imine (C=N–C) groups is 2. The first-order valence-corrected chi connectivity index (χ1v) is 29.2. The number of aliphatic hydroxyl groups is 2. The van der Waals surface area contributed by atoms with Crippen LogP contribution in [0.5, 0.6) is 23.0 Å². The predicted molar refractivity (Wildman–Crippen MR) is 336 cm³/mol. The van der Waals surface area contributed by atoms with Gasteiger partial charge in [0.2, 0.25) is 0 Å². The van der Waals surface area contributed by atoms with Crippen LogP contribution in [0.1, 0.15) is 79.4 Å². The van der Waals surface area contributed by atoms with Crippen LogP contribution in [0.3, 0.4) is 0 Å². The highest BCUT2D eigenvalue weighted by atomic mass is 16.7. The fourth-order valence-electron chi connectivity index (χ4n) is 10.4. The summed E-state index contributed by atoms with van der Waals surface area (Å²) in [5.41, 5.74) is 6.38. The van der Waals surface area contributed by atoms with E-state index >= 15 is 0 Å². The lowest BCUT2D eigenvalue weighted by molar-refractivity contribution is -0.154. The summed E-state index contributed by atoms with van der Waals surface area (Å²) in [6.07, 6.45) is 7.53. The van der Waals surface area contributed by atoms with Crippen LogP contribution in [0.2, 0.25) is 0 Å². The number of allylic oxidation sites excluding steroid dienone is 4. The third-order valence-electron chi connectivity index (χ3n) is 15.3. The third-order valence-corrected chi connectivity index (χ3v) is 15.3. The van der Waals surface area contributed by atoms with Gasteiger partial charge < -0.3 is 89.7 Å². The number of carbonyl (C=O) groups excluding carboxylic acids is 6. The monoisotopic (exact) mass is 1280 g/mol. The number of carbonyl (C=O) groups is 6. The highest BCUT2D eigenvalue weighted by Gasteiger charge is 2.34. The van der Waals surface area contributed by atoms with Gasteiger partial charge in [-0.3, -0.25) is 19.6 Å². The highest BCUT2D eigenvalue weighted by molar-refractivity contribution is 6.05. The number of hydrogen-bond acceptors (Lipinski definition) is 24. The van der Waals surface area contributed by atoms with Crippen molar-refractivity contribution in [1.29, 1.82) is 0 Å². The van der Waals surface area contributed by atoms with Crippen molar-refractivity contribution in [2.24, 2.45) is 51.2 Å². The van der Waals surface area contributed by atoms with Crippen molar-refractivity contribution >= 4 is 71.0 Å². The number of anilines is 2. The van der Waals surface area contributed by atoms with Crippen molar-refractivity contribution in [3.8, 4) is 23.0 Å². The van der Waals surface area contributed by atoms with E-state index < -0.39 is 146 Å². The van der Waals surface area contributed by atoms with Crippen molar-refractivity contribution in [3.63, 3.8) is 0 Å². The molecule has 4 bridgehead atoms. The maximum Gasteiger partial charge on any atom is 0.405 e. The Morgan fingerprint density at radius 3 is 1.45 bits per heavy atom. The van der Waals surface area contributed by atoms with Gasteiger partial charge >= 0.3 is 24.0 Å². The first kappa shape index (κ1) is 75.2. The second kappa shape index (κ2) is 36.5. The number of ether oxygens (including phenoxy) is 8. The minimum absolute atomic E-state index is 0.0226. The lowest BCUT2D eigenvalue weighted by atomic mass is 9.86. The molecule has 2 aromatic carbocycles. The van der Waals surface area contributed by atoms with Crippen LogP contribution in [-0.2, 0) is 79.5 Å². The van der Waals surface area contributed by atoms with E-state index in [1.54, 1.807) is 45.9 Å². The fraction of sp³-hybridized carbons (Fsp3) is 0.500. The molecule has 0 saturated heterocycles. The van der Waals surface area contributed by atoms with Gasteiger partial charge in [-0.25, -0.2) is 19.2 Å². The normalized spacial score (nSPS) is 25.4. The van der Waals surface area contributed by atoms with E-state index in [0.29, 0.717) is 11.1 Å². The summed E-state index contributed by atoms with van der Waals surface area (Å²) in [6, 6.07) is 2.19. The first-order chi connectivity index (χ1) is 43.1. The van der Waals surface area contributed by atoms with Crippen LogP contribution in [0.25, 0.3) is 0 Å². The zero-order valence-corrected chi connectivity index (χ0v) is 53.4. The smallest absolute Gasteiger partial charge is 0.405 e. The number of phenols is 4. The van der Waals surface area contributed by atoms with E-state index in [4.69, 9.17) is 49.5 Å². The van der Waals surface area contributed by atoms with Crippen molar-refractivity contribution in [2.75, 3.05) is 65.5 Å². The Morgan fingerprint density at radius 1 is 0.637 bits per heavy atom. The SMILES string of the molecule is COC1C=CC=C(C)C(=O)Nc2cc(O)c(N=CCOC(=O)COCC(=O)OCC=Nc3c(O)cc4c(O)c3CC(C)CC(OC)C(O)C(C)C=C(C)C(C(=O)ON)C(OC)C=CC=C(C)C(=O)N4)c(c2O)CC(C)CC(OC)C(O)C(C)C=C(C)C1OC(N)=O. The summed E-state index contributed by atoms with van der Waals surface area (Å²) in [5.74, 6) is -3.35. The molecule has 0 aliphatic carbocycles. The molecule has 12 unspecified atom stereocenters. The quantitative estimate of drug-likeness (QED) is 0.0170. The Kier molecular flexibility index (Phi) is 30.2. The van der Waals surface area contributed by atoms with Gasteiger partial charge in [-0.1, -0.05) is 81.9 Å². The summed E-state index contributed by atoms with van der Waals surface area (Å²) in [4.78, 5) is 90.4. The summed E-state index contributed by atoms with van der Waals surface area (Å²) >= 11 is 0. The number of hydrogen-bond donors (Lipinski definition) is 10. The van der Waals surface area contributed by atoms with Gasteiger partial charge in [-0.2, -0.15) is 5.90 Å². The second-order valence-corrected chi connectivity index (χ2v) is 22.4. The number of rotatable bonds is 16. The van der Waals surface area contributed by atoms with Crippen molar-refractivity contribution < 1.29 is 102 Å². The Hall–Kier alpha value is -8.28. The number of methoxy groups -OCH3 is 4. The molecule has 27 nitrogen and oxygen atoms in total. The van der Waals surface area contributed by atoms with Crippen LogP contribution in [0.15, 0.2) is 93.0 Å². The molecule has 0 aromatic heterocycles. The number of aromatic hydroxyl groups is 4. The molecule has 12 atom stereocenters. The van der Waals surface area contributed by atoms with Crippen molar-refractivity contribution in [2.45, 2.75) is 124 Å². The largest absolute Gasteiger partial charge is 0.506 e. The maximum atomic E-state index is 13.4. The van der Waals surface area contributed by atoms with Crippen LogP contribution < -0.4 is 22.3 Å². The van der Waals surface area contributed by atoms with Crippen LogP contribution in [-0.4, -0.2) is 176 Å². The summed E-state index contributed by atoms with van der Waals surface area (Å²) in [5, 5.41) is 74.2. The maximum absolute atomic E-state index is 13.4. The zero-order chi connectivity index (χ0) is 67.8. The molecular formula is C64H88N6O21. The summed E-state index contributed by atoms with van der Waals surface area (Å²) < 4.78 is 43.7. The van der Waals surface area contributed by atoms with Crippen molar-refractivity contribution in [3.05, 3.63) is 94.2 Å². The number of nitrogens with zero attached hydrogens (tertiary/aromatic N) is 2.